The largest absolute Gasteiger partial charge is 0.497 e. The molecule has 1 saturated heterocycles. The Hall–Kier alpha value is -0.820. The summed E-state index contributed by atoms with van der Waals surface area (Å²) >= 11 is 3.40. The van der Waals surface area contributed by atoms with Gasteiger partial charge in [0.2, 0.25) is 0 Å². The molecule has 20 heavy (non-hydrogen) atoms. The first-order valence-corrected chi connectivity index (χ1v) is 6.89. The molecule has 1 aliphatic rings. The van der Waals surface area contributed by atoms with E-state index in [0.29, 0.717) is 37.6 Å². The predicted octanol–water partition coefficient (Wildman–Crippen LogP) is 1.68. The summed E-state index contributed by atoms with van der Waals surface area (Å²) in [5, 5.41) is 0. The second-order valence-electron chi connectivity index (χ2n) is 4.33. The lowest BCUT2D eigenvalue weighted by molar-refractivity contribution is -0.0167. The lowest BCUT2D eigenvalue weighted by Crippen LogP contribution is -2.48. The van der Waals surface area contributed by atoms with Gasteiger partial charge in [0.15, 0.2) is 0 Å². The summed E-state index contributed by atoms with van der Waals surface area (Å²) in [6.45, 7) is 2.05. The monoisotopic (exact) mass is 364 g/mol. The fourth-order valence-electron chi connectivity index (χ4n) is 2.01. The van der Waals surface area contributed by atoms with E-state index < -0.39 is 0 Å². The quantitative estimate of drug-likeness (QED) is 0.885. The first-order chi connectivity index (χ1) is 9.15. The highest BCUT2D eigenvalue weighted by Crippen LogP contribution is 2.24. The van der Waals surface area contributed by atoms with Crippen LogP contribution in [-0.4, -0.2) is 50.3 Å². The minimum atomic E-state index is -0.0814. The standard InChI is InChI=1S/C13H17BrN2O3.ClH/c1-18-9-2-3-12(14)11(6-9)13(17)16-4-5-19-10(7-15)8-16;/h2-3,6,10H,4-5,7-8,15H2,1H3;1H. The Morgan fingerprint density at radius 2 is 2.35 bits per heavy atom. The Morgan fingerprint density at radius 1 is 1.60 bits per heavy atom. The van der Waals surface area contributed by atoms with Crippen molar-refractivity contribution in [3.8, 4) is 5.75 Å². The summed E-state index contributed by atoms with van der Waals surface area (Å²) in [5.74, 6) is 0.628. The molecule has 2 N–H and O–H groups in total. The van der Waals surface area contributed by atoms with E-state index >= 15 is 0 Å². The molecule has 1 heterocycles. The number of carbonyl (C=O) groups excluding carboxylic acids is 1. The molecule has 5 nitrogen and oxygen atoms in total. The second kappa shape index (κ2) is 7.83. The molecule has 0 saturated carbocycles. The van der Waals surface area contributed by atoms with Crippen molar-refractivity contribution >= 4 is 34.2 Å². The van der Waals surface area contributed by atoms with Gasteiger partial charge < -0.3 is 20.1 Å². The van der Waals surface area contributed by atoms with Gasteiger partial charge in [0.25, 0.3) is 5.91 Å². The number of methoxy groups -OCH3 is 1. The number of benzene rings is 1. The molecule has 7 heteroatoms. The van der Waals surface area contributed by atoms with Crippen molar-refractivity contribution < 1.29 is 14.3 Å². The van der Waals surface area contributed by atoms with Crippen LogP contribution in [0.4, 0.5) is 0 Å². The highest BCUT2D eigenvalue weighted by molar-refractivity contribution is 9.10. The van der Waals surface area contributed by atoms with Gasteiger partial charge in [0, 0.05) is 24.1 Å². The molecule has 0 spiro atoms. The van der Waals surface area contributed by atoms with Crippen LogP contribution in [0.1, 0.15) is 10.4 Å². The summed E-state index contributed by atoms with van der Waals surface area (Å²) in [7, 11) is 1.58. The van der Waals surface area contributed by atoms with Crippen LogP contribution in [0.25, 0.3) is 0 Å². The van der Waals surface area contributed by atoms with Crippen LogP contribution in [0.5, 0.6) is 5.75 Å². The Bertz CT molecular complexity index is 473. The molecule has 0 aliphatic carbocycles. The van der Waals surface area contributed by atoms with Crippen molar-refractivity contribution in [2.24, 2.45) is 5.73 Å². The first-order valence-electron chi connectivity index (χ1n) is 6.10. The number of ether oxygens (including phenoxy) is 2. The number of halogens is 2. The number of amides is 1. The maximum Gasteiger partial charge on any atom is 0.255 e. The summed E-state index contributed by atoms with van der Waals surface area (Å²) in [6.07, 6.45) is -0.0814. The van der Waals surface area contributed by atoms with Crippen LogP contribution < -0.4 is 10.5 Å². The molecule has 112 valence electrons. The van der Waals surface area contributed by atoms with E-state index in [9.17, 15) is 4.79 Å². The molecular weight excluding hydrogens is 348 g/mol. The Morgan fingerprint density at radius 3 is 3.00 bits per heavy atom. The summed E-state index contributed by atoms with van der Waals surface area (Å²) < 4.78 is 11.4. The van der Waals surface area contributed by atoms with Gasteiger partial charge in [-0.3, -0.25) is 4.79 Å². The van der Waals surface area contributed by atoms with Crippen LogP contribution >= 0.6 is 28.3 Å². The van der Waals surface area contributed by atoms with E-state index in [2.05, 4.69) is 15.9 Å². The van der Waals surface area contributed by atoms with E-state index in [-0.39, 0.29) is 24.4 Å². The first kappa shape index (κ1) is 17.2. The Balaban J connectivity index is 0.00000200. The van der Waals surface area contributed by atoms with Crippen LogP contribution in [0.3, 0.4) is 0 Å². The predicted molar refractivity (Wildman–Crippen MR) is 82.6 cm³/mol. The molecule has 1 aromatic carbocycles. The number of nitrogens with zero attached hydrogens (tertiary/aromatic N) is 1. The zero-order valence-electron chi connectivity index (χ0n) is 11.2. The molecule has 1 aromatic rings. The van der Waals surface area contributed by atoms with E-state index in [0.717, 1.165) is 4.47 Å². The zero-order valence-corrected chi connectivity index (χ0v) is 13.6. The molecule has 1 fully saturated rings. The van der Waals surface area contributed by atoms with Gasteiger partial charge in [-0.1, -0.05) is 0 Å². The molecule has 0 bridgehead atoms. The third kappa shape index (κ3) is 3.85. The van der Waals surface area contributed by atoms with Crippen molar-refractivity contribution in [3.05, 3.63) is 28.2 Å². The van der Waals surface area contributed by atoms with E-state index in [1.165, 1.54) is 0 Å². The molecule has 1 aliphatic heterocycles. The Kier molecular flexibility index (Phi) is 6.75. The van der Waals surface area contributed by atoms with E-state index in [4.69, 9.17) is 15.2 Å². The number of hydrogen-bond acceptors (Lipinski definition) is 4. The maximum absolute atomic E-state index is 12.5. The summed E-state index contributed by atoms with van der Waals surface area (Å²) in [5.41, 5.74) is 6.18. The third-order valence-electron chi connectivity index (χ3n) is 3.09. The summed E-state index contributed by atoms with van der Waals surface area (Å²) in [4.78, 5) is 14.3. The van der Waals surface area contributed by atoms with Crippen LogP contribution in [-0.2, 0) is 4.74 Å². The van der Waals surface area contributed by atoms with Crippen molar-refractivity contribution in [1.82, 2.24) is 4.90 Å². The number of nitrogens with two attached hydrogens (primary N) is 1. The lowest BCUT2D eigenvalue weighted by Gasteiger charge is -2.32. The van der Waals surface area contributed by atoms with Crippen LogP contribution in [0.15, 0.2) is 22.7 Å². The van der Waals surface area contributed by atoms with Crippen LogP contribution in [0, 0.1) is 0 Å². The number of morpholine rings is 1. The fraction of sp³-hybridized carbons (Fsp3) is 0.462. The smallest absolute Gasteiger partial charge is 0.255 e. The molecule has 1 unspecified atom stereocenters. The van der Waals surface area contributed by atoms with Gasteiger partial charge in [-0.05, 0) is 34.1 Å². The van der Waals surface area contributed by atoms with Gasteiger partial charge in [0.05, 0.1) is 25.4 Å². The van der Waals surface area contributed by atoms with E-state index in [1.807, 2.05) is 12.1 Å². The number of hydrogen-bond donors (Lipinski definition) is 1. The van der Waals surface area contributed by atoms with Crippen molar-refractivity contribution in [2.45, 2.75) is 6.10 Å². The average Bonchev–Trinajstić information content (AvgIpc) is 2.47. The minimum Gasteiger partial charge on any atom is -0.497 e. The molecular formula is C13H18BrClN2O3. The SMILES string of the molecule is COc1ccc(Br)c(C(=O)N2CCOC(CN)C2)c1.Cl. The summed E-state index contributed by atoms with van der Waals surface area (Å²) in [6, 6.07) is 5.36. The van der Waals surface area contributed by atoms with E-state index in [1.54, 1.807) is 18.1 Å². The molecule has 1 atom stereocenters. The van der Waals surface area contributed by atoms with Crippen LogP contribution in [0.2, 0.25) is 0 Å². The third-order valence-corrected chi connectivity index (χ3v) is 3.78. The molecule has 2 rings (SSSR count). The zero-order chi connectivity index (χ0) is 13.8. The number of rotatable bonds is 3. The lowest BCUT2D eigenvalue weighted by atomic mass is 10.1. The van der Waals surface area contributed by atoms with Gasteiger partial charge in [-0.15, -0.1) is 12.4 Å². The average molecular weight is 366 g/mol. The molecule has 0 aromatic heterocycles. The molecule has 0 radical (unpaired) electrons. The number of carbonyl (C=O) groups is 1. The minimum absolute atomic E-state index is 0. The second-order valence-corrected chi connectivity index (χ2v) is 5.18. The highest BCUT2D eigenvalue weighted by atomic mass is 79.9. The van der Waals surface area contributed by atoms with Gasteiger partial charge in [-0.2, -0.15) is 0 Å². The highest BCUT2D eigenvalue weighted by Gasteiger charge is 2.25. The topological polar surface area (TPSA) is 64.8 Å². The van der Waals surface area contributed by atoms with Crippen molar-refractivity contribution in [2.75, 3.05) is 33.4 Å². The van der Waals surface area contributed by atoms with Crippen molar-refractivity contribution in [3.63, 3.8) is 0 Å². The van der Waals surface area contributed by atoms with Gasteiger partial charge in [-0.25, -0.2) is 0 Å². The Labute approximate surface area is 132 Å². The fourth-order valence-corrected chi connectivity index (χ4v) is 2.43. The normalized spacial score (nSPS) is 18.4. The maximum atomic E-state index is 12.5. The van der Waals surface area contributed by atoms with Gasteiger partial charge >= 0.3 is 0 Å². The van der Waals surface area contributed by atoms with Gasteiger partial charge in [0.1, 0.15) is 5.75 Å². The molecule has 1 amide bonds. The van der Waals surface area contributed by atoms with Crippen molar-refractivity contribution in [1.29, 1.82) is 0 Å².